The van der Waals surface area contributed by atoms with Crippen molar-refractivity contribution < 1.29 is 104 Å². The first kappa shape index (κ1) is 70.4. The smallest absolute Gasteiger partial charge is 0.255 e. The van der Waals surface area contributed by atoms with Crippen LogP contribution in [-0.4, -0.2) is 131 Å². The fraction of sp³-hybridized carbons (Fsp3) is 0.356. The predicted molar refractivity (Wildman–Crippen MR) is 355 cm³/mol. The van der Waals surface area contributed by atoms with Gasteiger partial charge in [0, 0.05) is 94.1 Å². The van der Waals surface area contributed by atoms with Gasteiger partial charge in [-0.15, -0.1) is 24.7 Å². The molecule has 25 heteroatoms. The summed E-state index contributed by atoms with van der Waals surface area (Å²) in [5.41, 5.74) is 7.25. The number of terminal acetylenes is 2. The van der Waals surface area contributed by atoms with Crippen molar-refractivity contribution in [2.24, 2.45) is 52.7 Å². The molecule has 0 aromatic heterocycles. The minimum atomic E-state index is -2.66. The second-order valence-electron chi connectivity index (χ2n) is 25.5. The van der Waals surface area contributed by atoms with Crippen LogP contribution in [0.1, 0.15) is 134 Å². The summed E-state index contributed by atoms with van der Waals surface area (Å²) in [4.78, 5) is 114. The number of primary amides is 3. The van der Waals surface area contributed by atoms with Crippen molar-refractivity contribution in [2.75, 3.05) is 0 Å². The molecule has 0 bridgehead atoms. The van der Waals surface area contributed by atoms with E-state index in [9.17, 15) is 104 Å². The summed E-state index contributed by atoms with van der Waals surface area (Å²) in [5.74, 6) is -2.83. The molecule has 12 rings (SSSR count). The molecule has 98 heavy (non-hydrogen) atoms. The van der Waals surface area contributed by atoms with Gasteiger partial charge in [0.05, 0.1) is 16.7 Å². The van der Waals surface area contributed by atoms with Gasteiger partial charge in [-0.05, 0) is 158 Å². The molecule has 18 N–H and O–H groups in total. The zero-order chi connectivity index (χ0) is 71.5. The van der Waals surface area contributed by atoms with Crippen LogP contribution < -0.4 is 17.2 Å². The molecule has 9 atom stereocenters. The number of hydrogen-bond donors (Lipinski definition) is 15. The molecule has 0 aliphatic heterocycles. The number of carbonyl (C=O) groups excluding carboxylic acids is 9. The Morgan fingerprint density at radius 1 is 0.439 bits per heavy atom. The summed E-state index contributed by atoms with van der Waals surface area (Å²) in [6.07, 6.45) is 15.5. The van der Waals surface area contributed by atoms with E-state index in [0.717, 1.165) is 29.3 Å². The molecule has 0 unspecified atom stereocenters. The second-order valence-corrected chi connectivity index (χ2v) is 26.7. The van der Waals surface area contributed by atoms with Gasteiger partial charge in [0.15, 0.2) is 34.2 Å². The molecule has 3 aromatic carbocycles. The lowest BCUT2D eigenvalue weighted by Gasteiger charge is -2.46. The molecule has 3 amide bonds. The number of amides is 3. The third-order valence-electron chi connectivity index (χ3n) is 20.0. The van der Waals surface area contributed by atoms with Gasteiger partial charge in [-0.2, -0.15) is 0 Å². The number of ketones is 6. The van der Waals surface area contributed by atoms with Crippen molar-refractivity contribution in [3.8, 4) is 65.6 Å². The number of rotatable bonds is 9. The molecule has 0 heterocycles. The van der Waals surface area contributed by atoms with Crippen molar-refractivity contribution in [1.29, 1.82) is 0 Å². The van der Waals surface area contributed by atoms with Crippen molar-refractivity contribution in [3.63, 3.8) is 0 Å². The zero-order valence-electron chi connectivity index (χ0n) is 52.3. The molecule has 24 nitrogen and oxygen atoms in total. The fourth-order valence-electron chi connectivity index (χ4n) is 15.3. The van der Waals surface area contributed by atoms with Gasteiger partial charge in [0.1, 0.15) is 68.5 Å². The topological polar surface area (TPSA) is 474 Å². The number of fused-ring (bicyclic) bond motifs is 9. The first-order chi connectivity index (χ1) is 46.3. The van der Waals surface area contributed by atoms with Gasteiger partial charge in [-0.1, -0.05) is 23.7 Å². The van der Waals surface area contributed by atoms with Gasteiger partial charge in [-0.25, -0.2) is 0 Å². The molecule has 3 saturated carbocycles. The summed E-state index contributed by atoms with van der Waals surface area (Å²) < 4.78 is 0.794. The van der Waals surface area contributed by atoms with E-state index in [1.54, 1.807) is 18.2 Å². The summed E-state index contributed by atoms with van der Waals surface area (Å²) in [5, 5.41) is 131. The van der Waals surface area contributed by atoms with E-state index < -0.39 is 169 Å². The number of phenols is 3. The van der Waals surface area contributed by atoms with Gasteiger partial charge in [0.2, 0.25) is 17.3 Å². The Bertz CT molecular complexity index is 4380. The highest BCUT2D eigenvalue weighted by Crippen LogP contribution is 2.56. The van der Waals surface area contributed by atoms with Crippen molar-refractivity contribution >= 4 is 92.3 Å². The minimum absolute atomic E-state index is 0.00482. The number of halogens is 1. The molecule has 9 aliphatic rings. The molecule has 9 aliphatic carbocycles. The molecular formula is C73H66IN3O21. The number of aliphatic hydroxyl groups excluding tert-OH is 6. The van der Waals surface area contributed by atoms with Crippen LogP contribution in [0.4, 0.5) is 0 Å². The van der Waals surface area contributed by atoms with E-state index in [1.165, 1.54) is 18.2 Å². The molecule has 0 saturated heterocycles. The lowest BCUT2D eigenvalue weighted by Crippen LogP contribution is -2.58. The summed E-state index contributed by atoms with van der Waals surface area (Å²) >= 11 is 2.06. The Hall–Kier alpha value is -10.4. The van der Waals surface area contributed by atoms with Crippen molar-refractivity contribution in [3.05, 3.63) is 135 Å². The lowest BCUT2D eigenvalue weighted by atomic mass is 9.59. The first-order valence-corrected chi connectivity index (χ1v) is 32.4. The third-order valence-corrected chi connectivity index (χ3v) is 21.0. The highest BCUT2D eigenvalue weighted by molar-refractivity contribution is 14.1. The van der Waals surface area contributed by atoms with Crippen LogP contribution in [0, 0.1) is 87.4 Å². The van der Waals surface area contributed by atoms with E-state index >= 15 is 0 Å². The fourth-order valence-corrected chi connectivity index (χ4v) is 15.9. The normalized spacial score (nSPS) is 26.3. The SMILES string of the molecule is C#CCCCCC#C.NC(=O)C1=C(O)[C@@]2(O)C(=O)C3=C(O)c4c(O)ccc(C#CCCCCC#Cc5ccc(O)c6c5C[C@@H]5C[C@@H]7CC(=O)C(C(N)=O)=C(O)[C@@]7(O)C(=O)C5=C6O)c4C[C@H]3C[C@H]2CC1=O.NC(=O)C1=C(O)[C@@]2(O)C(=O)C3=C(O)c4c(O)ccc(I)c4C[C@@H]3C[C@@H]2CC1=O. The molecule has 0 spiro atoms. The van der Waals surface area contributed by atoms with Crippen LogP contribution >= 0.6 is 22.6 Å². The maximum absolute atomic E-state index is 13.7. The second kappa shape index (κ2) is 26.9. The summed E-state index contributed by atoms with van der Waals surface area (Å²) in [7, 11) is 0. The summed E-state index contributed by atoms with van der Waals surface area (Å²) in [6.45, 7) is 0. The Morgan fingerprint density at radius 2 is 0.724 bits per heavy atom. The largest absolute Gasteiger partial charge is 0.508 e. The molecule has 3 fully saturated rings. The Kier molecular flexibility index (Phi) is 19.3. The molecule has 3 aromatic rings. The number of unbranched alkanes of at least 4 members (excludes halogenated alkanes) is 6. The van der Waals surface area contributed by atoms with Gasteiger partial charge >= 0.3 is 0 Å². The number of phenolic OH excluding ortho intramolecular Hbond substituents is 3. The van der Waals surface area contributed by atoms with Crippen LogP contribution in [0.5, 0.6) is 17.2 Å². The number of hydrogen-bond acceptors (Lipinski definition) is 21. The van der Waals surface area contributed by atoms with E-state index in [2.05, 4.69) is 58.1 Å². The maximum Gasteiger partial charge on any atom is 0.255 e. The third kappa shape index (κ3) is 11.5. The highest BCUT2D eigenvalue weighted by Gasteiger charge is 2.64. The van der Waals surface area contributed by atoms with Crippen LogP contribution in [0.15, 0.2) is 87.1 Å². The van der Waals surface area contributed by atoms with E-state index in [4.69, 9.17) is 30.0 Å². The van der Waals surface area contributed by atoms with Gasteiger partial charge in [-0.3, -0.25) is 43.2 Å². The van der Waals surface area contributed by atoms with Crippen molar-refractivity contribution in [1.82, 2.24) is 0 Å². The standard InChI is InChI=1S/C46H40N2O14.C19H16INO7.C8H10/c47-43(59)35-29(51)17-23-13-21-15-25-19(9-11-27(49)33(25)37(53)31(21)39(55)45(23,61)41(35)57)7-5-3-1-2-4-6-8-20-10-12-28(50)34-26(20)16-22-14-24-18-30(52)36(44(48)60)42(58)46(24,62)40(56)32(22)38(34)54;20-9-1-2-10(22)13-8(9)4-6-3-7-5-11(23)14(18(21)27)17(26)19(7,28)16(25)12(6)15(13)24;1-3-5-7-8-6-4-2/h9-12,21-24,49-50,53-54,57-58,61-62H,1-4,13-18H2,(H2,47,59)(H2,48,60);1-2,6-7,22,24,26,28H,3-5H2,(H2,21,27);1-2H,5-8H2/t21-,22+,23+,24-,45-,46-;6-,7+,19-;/m00./s1. The lowest BCUT2D eigenvalue weighted by molar-refractivity contribution is -0.149. The number of Topliss-reactive ketones (excluding diaryl/α,β-unsaturated/α-hetero) is 6. The quantitative estimate of drug-likeness (QED) is 0.0582. The van der Waals surface area contributed by atoms with Gasteiger partial charge < -0.3 is 78.5 Å². The monoisotopic (exact) mass is 1450 g/mol. The molecule has 506 valence electrons. The van der Waals surface area contributed by atoms with Crippen LogP contribution in [0.3, 0.4) is 0 Å². The average molecular weight is 1450 g/mol. The van der Waals surface area contributed by atoms with E-state index in [1.807, 2.05) is 0 Å². The highest BCUT2D eigenvalue weighted by atomic mass is 127. The van der Waals surface area contributed by atoms with E-state index in [0.29, 0.717) is 59.9 Å². The Labute approximate surface area is 573 Å². The van der Waals surface area contributed by atoms with Crippen LogP contribution in [0.25, 0.3) is 17.3 Å². The van der Waals surface area contributed by atoms with Crippen LogP contribution in [0.2, 0.25) is 0 Å². The number of aliphatic hydroxyl groups is 9. The van der Waals surface area contributed by atoms with Crippen molar-refractivity contribution in [2.45, 2.75) is 126 Å². The summed E-state index contributed by atoms with van der Waals surface area (Å²) in [6, 6.07) is 8.86. The molecule has 0 radical (unpaired) electrons. The molecular weight excluding hydrogens is 1380 g/mol. The number of aromatic hydroxyl groups is 3. The first-order valence-electron chi connectivity index (χ1n) is 31.3. The maximum atomic E-state index is 13.7. The Morgan fingerprint density at radius 3 is 1.03 bits per heavy atom. The zero-order valence-corrected chi connectivity index (χ0v) is 54.4. The number of carbonyl (C=O) groups is 9. The Balaban J connectivity index is 0.000000237. The van der Waals surface area contributed by atoms with Crippen LogP contribution in [-0.2, 0) is 62.4 Å². The predicted octanol–water partition coefficient (Wildman–Crippen LogP) is 4.97. The number of nitrogens with two attached hydrogens (primary N) is 3. The van der Waals surface area contributed by atoms with E-state index in [-0.39, 0.29) is 89.2 Å². The van der Waals surface area contributed by atoms with Gasteiger partial charge in [0.25, 0.3) is 17.7 Å². The number of benzene rings is 3. The average Bonchev–Trinajstić information content (AvgIpc) is 0.710. The minimum Gasteiger partial charge on any atom is -0.508 e.